The second-order valence-electron chi connectivity index (χ2n) is 6.25. The average molecular weight is 394 g/mol. The molecule has 0 heterocycles. The molecule has 0 aliphatic carbocycles. The van der Waals surface area contributed by atoms with E-state index in [-0.39, 0.29) is 11.0 Å². The summed E-state index contributed by atoms with van der Waals surface area (Å²) in [6.45, 7) is 0. The van der Waals surface area contributed by atoms with E-state index in [0.29, 0.717) is 29.2 Å². The summed E-state index contributed by atoms with van der Waals surface area (Å²) in [7, 11) is 3.21. The predicted molar refractivity (Wildman–Crippen MR) is 114 cm³/mol. The van der Waals surface area contributed by atoms with Gasteiger partial charge in [0.1, 0.15) is 0 Å². The molecule has 4 nitrogen and oxygen atoms in total. The van der Waals surface area contributed by atoms with E-state index in [9.17, 15) is 4.79 Å². The summed E-state index contributed by atoms with van der Waals surface area (Å²) >= 11 is 1.58. The minimum absolute atomic E-state index is 0.0855. The maximum Gasteiger partial charge on any atom is 0.164 e. The second kappa shape index (κ2) is 9.33. The Bertz CT molecular complexity index is 944. The Labute approximate surface area is 169 Å². The van der Waals surface area contributed by atoms with Crippen molar-refractivity contribution in [3.05, 3.63) is 83.9 Å². The van der Waals surface area contributed by atoms with E-state index < -0.39 is 0 Å². The molecule has 0 radical (unpaired) electrons. The highest BCUT2D eigenvalue weighted by Crippen LogP contribution is 2.43. The molecule has 0 saturated heterocycles. The van der Waals surface area contributed by atoms with Crippen molar-refractivity contribution in [1.82, 2.24) is 0 Å². The van der Waals surface area contributed by atoms with Crippen LogP contribution in [-0.2, 0) is 0 Å². The Balaban J connectivity index is 1.94. The average Bonchev–Trinajstić information content (AvgIpc) is 2.74. The third-order valence-electron chi connectivity index (χ3n) is 4.43. The van der Waals surface area contributed by atoms with Crippen LogP contribution in [0, 0.1) is 0 Å². The first-order valence-corrected chi connectivity index (χ1v) is 9.81. The molecule has 1 atom stereocenters. The number of para-hydroxylation sites is 1. The number of nitrogens with two attached hydrogens (primary N) is 1. The fraction of sp³-hybridized carbons (Fsp3) is 0.174. The zero-order valence-electron chi connectivity index (χ0n) is 15.9. The molecule has 144 valence electrons. The molecular weight excluding hydrogens is 370 g/mol. The molecule has 0 bridgehead atoms. The van der Waals surface area contributed by atoms with Crippen LogP contribution in [0.5, 0.6) is 11.5 Å². The van der Waals surface area contributed by atoms with Crippen LogP contribution in [0.25, 0.3) is 0 Å². The molecule has 0 aromatic heterocycles. The van der Waals surface area contributed by atoms with Crippen LogP contribution in [0.1, 0.15) is 27.6 Å². The van der Waals surface area contributed by atoms with Gasteiger partial charge in [-0.15, -0.1) is 11.8 Å². The van der Waals surface area contributed by atoms with Crippen LogP contribution in [0.3, 0.4) is 0 Å². The van der Waals surface area contributed by atoms with Gasteiger partial charge in [-0.2, -0.15) is 0 Å². The highest BCUT2D eigenvalue weighted by molar-refractivity contribution is 7.99. The fourth-order valence-corrected chi connectivity index (χ4v) is 4.12. The fourth-order valence-electron chi connectivity index (χ4n) is 2.93. The number of Topliss-reactive ketones (excluding diaryl/α,β-unsaturated/α-hetero) is 1. The zero-order valence-corrected chi connectivity index (χ0v) is 16.7. The van der Waals surface area contributed by atoms with Crippen LogP contribution in [-0.4, -0.2) is 20.0 Å². The second-order valence-corrected chi connectivity index (χ2v) is 7.50. The zero-order chi connectivity index (χ0) is 19.9. The van der Waals surface area contributed by atoms with Gasteiger partial charge < -0.3 is 15.2 Å². The molecule has 2 N–H and O–H groups in total. The lowest BCUT2D eigenvalue weighted by molar-refractivity contribution is 0.0982. The lowest BCUT2D eigenvalue weighted by Gasteiger charge is -2.19. The van der Waals surface area contributed by atoms with E-state index in [1.54, 1.807) is 26.0 Å². The summed E-state index contributed by atoms with van der Waals surface area (Å²) in [4.78, 5) is 13.8. The molecule has 3 aromatic carbocycles. The largest absolute Gasteiger partial charge is 0.493 e. The van der Waals surface area contributed by atoms with Gasteiger partial charge in [0.25, 0.3) is 0 Å². The maximum absolute atomic E-state index is 12.9. The number of anilines is 1. The smallest absolute Gasteiger partial charge is 0.164 e. The van der Waals surface area contributed by atoms with Crippen LogP contribution >= 0.6 is 11.8 Å². The number of ether oxygens (including phenoxy) is 2. The van der Waals surface area contributed by atoms with Gasteiger partial charge in [-0.3, -0.25) is 4.79 Å². The van der Waals surface area contributed by atoms with Crippen molar-refractivity contribution in [2.75, 3.05) is 20.0 Å². The summed E-state index contributed by atoms with van der Waals surface area (Å²) in [6, 6.07) is 22.8. The third kappa shape index (κ3) is 4.67. The minimum Gasteiger partial charge on any atom is -0.493 e. The van der Waals surface area contributed by atoms with E-state index in [4.69, 9.17) is 15.2 Å². The quantitative estimate of drug-likeness (QED) is 0.316. The minimum atomic E-state index is -0.114. The van der Waals surface area contributed by atoms with Crippen molar-refractivity contribution in [2.45, 2.75) is 16.6 Å². The van der Waals surface area contributed by atoms with Gasteiger partial charge >= 0.3 is 0 Å². The number of rotatable bonds is 8. The van der Waals surface area contributed by atoms with Gasteiger partial charge in [0.15, 0.2) is 17.3 Å². The molecule has 28 heavy (non-hydrogen) atoms. The van der Waals surface area contributed by atoms with Crippen molar-refractivity contribution in [1.29, 1.82) is 0 Å². The first-order valence-electron chi connectivity index (χ1n) is 8.93. The Morgan fingerprint density at radius 1 is 0.929 bits per heavy atom. The maximum atomic E-state index is 12.9. The first-order chi connectivity index (χ1) is 13.6. The van der Waals surface area contributed by atoms with Gasteiger partial charge in [0.05, 0.1) is 14.2 Å². The first kappa shape index (κ1) is 19.8. The normalized spacial score (nSPS) is 11.6. The number of ketones is 1. The van der Waals surface area contributed by atoms with Crippen molar-refractivity contribution >= 4 is 23.2 Å². The summed E-state index contributed by atoms with van der Waals surface area (Å²) in [5.74, 6) is 1.38. The number of hydrogen-bond donors (Lipinski definition) is 1. The number of methoxy groups -OCH3 is 2. The molecule has 0 amide bonds. The summed E-state index contributed by atoms with van der Waals surface area (Å²) in [5.41, 5.74) is 8.52. The van der Waals surface area contributed by atoms with Crippen LogP contribution < -0.4 is 15.2 Å². The van der Waals surface area contributed by atoms with Gasteiger partial charge in [-0.05, 0) is 29.8 Å². The summed E-state index contributed by atoms with van der Waals surface area (Å²) in [5, 5.41) is -0.114. The Hall–Kier alpha value is -2.92. The number of nitrogen functional groups attached to an aromatic ring is 1. The highest BCUT2D eigenvalue weighted by atomic mass is 32.2. The summed E-state index contributed by atoms with van der Waals surface area (Å²) < 4.78 is 10.8. The lowest BCUT2D eigenvalue weighted by Crippen LogP contribution is -2.06. The number of thioether (sulfide) groups is 1. The molecular formula is C23H23NO3S. The van der Waals surface area contributed by atoms with E-state index in [1.807, 2.05) is 72.8 Å². The Morgan fingerprint density at radius 2 is 1.61 bits per heavy atom. The van der Waals surface area contributed by atoms with Gasteiger partial charge in [0, 0.05) is 27.8 Å². The van der Waals surface area contributed by atoms with E-state index in [2.05, 4.69) is 0 Å². The van der Waals surface area contributed by atoms with Crippen LogP contribution in [0.2, 0.25) is 0 Å². The molecule has 5 heteroatoms. The molecule has 0 aliphatic rings. The van der Waals surface area contributed by atoms with E-state index in [1.165, 1.54) is 0 Å². The highest BCUT2D eigenvalue weighted by Gasteiger charge is 2.21. The third-order valence-corrected chi connectivity index (χ3v) is 5.78. The van der Waals surface area contributed by atoms with Crippen molar-refractivity contribution in [3.8, 4) is 11.5 Å². The van der Waals surface area contributed by atoms with Crippen LogP contribution in [0.15, 0.2) is 77.7 Å². The van der Waals surface area contributed by atoms with Crippen molar-refractivity contribution in [2.24, 2.45) is 0 Å². The number of benzene rings is 3. The van der Waals surface area contributed by atoms with E-state index in [0.717, 1.165) is 10.5 Å². The molecule has 3 aromatic rings. The standard InChI is InChI=1S/C23H23NO3S/c1-26-20-13-12-17(14-21(20)27-2)23(28-22-11-7-6-10-18(22)24)15-19(25)16-8-4-3-5-9-16/h3-14,23H,15,24H2,1-2H3. The van der Waals surface area contributed by atoms with E-state index >= 15 is 0 Å². The number of hydrogen-bond acceptors (Lipinski definition) is 5. The van der Waals surface area contributed by atoms with Gasteiger partial charge in [-0.1, -0.05) is 48.5 Å². The van der Waals surface area contributed by atoms with Gasteiger partial charge in [-0.25, -0.2) is 0 Å². The SMILES string of the molecule is COc1ccc(C(CC(=O)c2ccccc2)Sc2ccccc2N)cc1OC. The van der Waals surface area contributed by atoms with Gasteiger partial charge in [0.2, 0.25) is 0 Å². The Kier molecular flexibility index (Phi) is 6.61. The molecule has 1 unspecified atom stereocenters. The van der Waals surface area contributed by atoms with Crippen molar-refractivity contribution in [3.63, 3.8) is 0 Å². The molecule has 0 spiro atoms. The number of carbonyl (C=O) groups is 1. The van der Waals surface area contributed by atoms with Crippen molar-refractivity contribution < 1.29 is 14.3 Å². The molecule has 0 aliphatic heterocycles. The molecule has 0 saturated carbocycles. The lowest BCUT2D eigenvalue weighted by atomic mass is 10.0. The predicted octanol–water partition coefficient (Wildman–Crippen LogP) is 5.39. The topological polar surface area (TPSA) is 61.5 Å². The Morgan fingerprint density at radius 3 is 2.29 bits per heavy atom. The molecule has 0 fully saturated rings. The molecule has 3 rings (SSSR count). The number of carbonyl (C=O) groups excluding carboxylic acids is 1. The van der Waals surface area contributed by atoms with Crippen LogP contribution in [0.4, 0.5) is 5.69 Å². The monoisotopic (exact) mass is 393 g/mol. The summed E-state index contributed by atoms with van der Waals surface area (Å²) in [6.07, 6.45) is 0.346.